The minimum absolute atomic E-state index is 0.0928. The molecule has 0 spiro atoms. The van der Waals surface area contributed by atoms with Crippen LogP contribution in [0, 0.1) is 16.7 Å². The van der Waals surface area contributed by atoms with Crippen LogP contribution in [0.2, 0.25) is 0 Å². The lowest BCUT2D eigenvalue weighted by Crippen LogP contribution is -2.33. The zero-order chi connectivity index (χ0) is 16.8. The molecule has 6 nitrogen and oxygen atoms in total. The molecule has 0 aliphatic carbocycles. The molecule has 1 saturated heterocycles. The van der Waals surface area contributed by atoms with Crippen LogP contribution in [0.4, 0.5) is 0 Å². The Bertz CT molecular complexity index is 727. The number of carbonyl (C=O) groups excluding carboxylic acids is 1. The summed E-state index contributed by atoms with van der Waals surface area (Å²) < 4.78 is 12.3. The highest BCUT2D eigenvalue weighted by Gasteiger charge is 2.34. The molecule has 124 valence electrons. The molecule has 1 fully saturated rings. The number of carbonyl (C=O) groups is 1. The van der Waals surface area contributed by atoms with Crippen molar-refractivity contribution in [1.82, 2.24) is 9.78 Å². The second-order valence-corrected chi connectivity index (χ2v) is 5.99. The van der Waals surface area contributed by atoms with Crippen molar-refractivity contribution < 1.29 is 14.3 Å². The molecule has 2 heterocycles. The summed E-state index contributed by atoms with van der Waals surface area (Å²) in [6.45, 7) is 1.74. The molecule has 0 bridgehead atoms. The van der Waals surface area contributed by atoms with Crippen LogP contribution in [0.1, 0.15) is 28.8 Å². The zero-order valence-corrected chi connectivity index (χ0v) is 13.4. The van der Waals surface area contributed by atoms with E-state index in [4.69, 9.17) is 9.47 Å². The van der Waals surface area contributed by atoms with E-state index in [-0.39, 0.29) is 6.61 Å². The lowest BCUT2D eigenvalue weighted by molar-refractivity contribution is -0.00467. The van der Waals surface area contributed by atoms with E-state index < -0.39 is 11.4 Å². The van der Waals surface area contributed by atoms with Crippen molar-refractivity contribution in [2.75, 3.05) is 19.8 Å². The molecule has 24 heavy (non-hydrogen) atoms. The average molecular weight is 325 g/mol. The average Bonchev–Trinajstić information content (AvgIpc) is 3.10. The van der Waals surface area contributed by atoms with Crippen LogP contribution in [-0.2, 0) is 16.0 Å². The highest BCUT2D eigenvalue weighted by molar-refractivity contribution is 5.88. The van der Waals surface area contributed by atoms with Gasteiger partial charge in [-0.15, -0.1) is 0 Å². The first-order valence-electron chi connectivity index (χ1n) is 7.93. The monoisotopic (exact) mass is 325 g/mol. The molecule has 1 aromatic heterocycles. The van der Waals surface area contributed by atoms with Gasteiger partial charge in [0, 0.05) is 19.4 Å². The second-order valence-electron chi connectivity index (χ2n) is 5.99. The van der Waals surface area contributed by atoms with E-state index in [2.05, 4.69) is 11.2 Å². The number of benzene rings is 1. The fourth-order valence-electron chi connectivity index (χ4n) is 2.66. The lowest BCUT2D eigenvalue weighted by Gasteiger charge is -2.29. The van der Waals surface area contributed by atoms with Crippen molar-refractivity contribution in [1.29, 1.82) is 5.26 Å². The maximum atomic E-state index is 12.2. The Balaban J connectivity index is 1.59. The predicted molar refractivity (Wildman–Crippen MR) is 86.2 cm³/mol. The summed E-state index contributed by atoms with van der Waals surface area (Å²) in [5, 5.41) is 13.6. The molecular weight excluding hydrogens is 306 g/mol. The van der Waals surface area contributed by atoms with Gasteiger partial charge in [0.2, 0.25) is 0 Å². The largest absolute Gasteiger partial charge is 0.460 e. The van der Waals surface area contributed by atoms with Gasteiger partial charge < -0.3 is 9.47 Å². The molecule has 6 heteroatoms. The van der Waals surface area contributed by atoms with Crippen LogP contribution < -0.4 is 0 Å². The smallest absolute Gasteiger partial charge is 0.341 e. The van der Waals surface area contributed by atoms with Crippen LogP contribution >= 0.6 is 0 Å². The minimum atomic E-state index is -0.631. The Labute approximate surface area is 140 Å². The van der Waals surface area contributed by atoms with Crippen molar-refractivity contribution in [3.63, 3.8) is 0 Å². The number of hydrogen-bond donors (Lipinski definition) is 0. The Morgan fingerprint density at radius 3 is 2.79 bits per heavy atom. The molecule has 1 aliphatic heterocycles. The molecule has 0 N–H and O–H groups in total. The summed E-state index contributed by atoms with van der Waals surface area (Å²) in [6.07, 6.45) is 4.33. The first kappa shape index (κ1) is 16.2. The summed E-state index contributed by atoms with van der Waals surface area (Å²) in [5.74, 6) is -0.449. The molecule has 0 radical (unpaired) electrons. The van der Waals surface area contributed by atoms with E-state index in [1.165, 1.54) is 6.20 Å². The van der Waals surface area contributed by atoms with Crippen molar-refractivity contribution in [2.45, 2.75) is 19.4 Å². The fraction of sp³-hybridized carbons (Fsp3) is 0.389. The van der Waals surface area contributed by atoms with Gasteiger partial charge in [-0.2, -0.15) is 10.4 Å². The van der Waals surface area contributed by atoms with Gasteiger partial charge in [-0.25, -0.2) is 4.79 Å². The van der Waals surface area contributed by atoms with E-state index in [9.17, 15) is 10.1 Å². The highest BCUT2D eigenvalue weighted by atomic mass is 16.5. The molecule has 3 rings (SSSR count). The number of rotatable bonds is 5. The van der Waals surface area contributed by atoms with Gasteiger partial charge in [0.1, 0.15) is 6.61 Å². The standard InChI is InChI=1S/C18H19N3O3/c19-13-18(6-8-23-9-7-18)14-24-17(22)16-10-20-21(12-16)11-15-4-2-1-3-5-15/h1-5,10,12H,6-9,11,14H2. The number of aromatic nitrogens is 2. The summed E-state index contributed by atoms with van der Waals surface area (Å²) >= 11 is 0. The number of hydrogen-bond acceptors (Lipinski definition) is 5. The Morgan fingerprint density at radius 2 is 2.08 bits per heavy atom. The molecular formula is C18H19N3O3. The summed E-state index contributed by atoms with van der Waals surface area (Å²) in [7, 11) is 0. The van der Waals surface area contributed by atoms with Crippen molar-refractivity contribution >= 4 is 5.97 Å². The highest BCUT2D eigenvalue weighted by Crippen LogP contribution is 2.30. The van der Waals surface area contributed by atoms with Crippen LogP contribution in [0.15, 0.2) is 42.7 Å². The quantitative estimate of drug-likeness (QED) is 0.789. The van der Waals surface area contributed by atoms with Crippen LogP contribution in [0.3, 0.4) is 0 Å². The molecule has 0 atom stereocenters. The van der Waals surface area contributed by atoms with E-state index >= 15 is 0 Å². The molecule has 0 unspecified atom stereocenters. The van der Waals surface area contributed by atoms with Crippen molar-refractivity contribution in [3.05, 3.63) is 53.9 Å². The van der Waals surface area contributed by atoms with Gasteiger partial charge in [0.15, 0.2) is 0 Å². The maximum absolute atomic E-state index is 12.2. The fourth-order valence-corrected chi connectivity index (χ4v) is 2.66. The number of esters is 1. The number of nitriles is 1. The van der Waals surface area contributed by atoms with Gasteiger partial charge in [0.25, 0.3) is 0 Å². The topological polar surface area (TPSA) is 77.1 Å². The van der Waals surface area contributed by atoms with E-state index in [0.717, 1.165) is 5.56 Å². The van der Waals surface area contributed by atoms with Crippen molar-refractivity contribution in [3.8, 4) is 6.07 Å². The minimum Gasteiger partial charge on any atom is -0.460 e. The van der Waals surface area contributed by atoms with Crippen LogP contribution in [0.5, 0.6) is 0 Å². The van der Waals surface area contributed by atoms with E-state index in [1.54, 1.807) is 10.9 Å². The third kappa shape index (κ3) is 3.81. The summed E-state index contributed by atoms with van der Waals surface area (Å²) in [5.41, 5.74) is 0.866. The normalized spacial score (nSPS) is 16.3. The predicted octanol–water partition coefficient (Wildman–Crippen LogP) is 2.41. The van der Waals surface area contributed by atoms with Gasteiger partial charge in [-0.1, -0.05) is 30.3 Å². The Hall–Kier alpha value is -2.65. The zero-order valence-electron chi connectivity index (χ0n) is 13.4. The third-order valence-corrected chi connectivity index (χ3v) is 4.22. The van der Waals surface area contributed by atoms with Crippen LogP contribution in [-0.4, -0.2) is 35.6 Å². The van der Waals surface area contributed by atoms with Gasteiger partial charge in [-0.05, 0) is 18.4 Å². The van der Waals surface area contributed by atoms with E-state index in [1.807, 2.05) is 30.3 Å². The maximum Gasteiger partial charge on any atom is 0.341 e. The van der Waals surface area contributed by atoms with Crippen LogP contribution in [0.25, 0.3) is 0 Å². The second kappa shape index (κ2) is 7.28. The van der Waals surface area contributed by atoms with E-state index in [0.29, 0.717) is 38.2 Å². The van der Waals surface area contributed by atoms with Crippen molar-refractivity contribution in [2.24, 2.45) is 5.41 Å². The van der Waals surface area contributed by atoms with Gasteiger partial charge in [-0.3, -0.25) is 4.68 Å². The lowest BCUT2D eigenvalue weighted by atomic mass is 9.83. The Morgan fingerprint density at radius 1 is 1.33 bits per heavy atom. The number of nitrogens with zero attached hydrogens (tertiary/aromatic N) is 3. The molecule has 2 aromatic rings. The first-order valence-corrected chi connectivity index (χ1v) is 7.93. The van der Waals surface area contributed by atoms with Gasteiger partial charge >= 0.3 is 5.97 Å². The SMILES string of the molecule is N#CC1(COC(=O)c2cnn(Cc3ccccc3)c2)CCOCC1. The molecule has 0 saturated carbocycles. The number of ether oxygens (including phenoxy) is 2. The molecule has 0 amide bonds. The first-order chi connectivity index (χ1) is 11.7. The molecule has 1 aromatic carbocycles. The molecule has 1 aliphatic rings. The van der Waals surface area contributed by atoms with Gasteiger partial charge in [0.05, 0.1) is 29.8 Å². The summed E-state index contributed by atoms with van der Waals surface area (Å²) in [6, 6.07) is 12.2. The third-order valence-electron chi connectivity index (χ3n) is 4.22. The summed E-state index contributed by atoms with van der Waals surface area (Å²) in [4.78, 5) is 12.2. The Kier molecular flexibility index (Phi) is 4.92.